The second-order valence-corrected chi connectivity index (χ2v) is 7.72. The number of amides is 2. The monoisotopic (exact) mass is 458 g/mol. The number of nitrogens with zero attached hydrogens (tertiary/aromatic N) is 4. The summed E-state index contributed by atoms with van der Waals surface area (Å²) < 4.78 is 12.6. The molecule has 11 heteroatoms. The molecule has 1 unspecified atom stereocenters. The Morgan fingerprint density at radius 2 is 1.81 bits per heavy atom. The van der Waals surface area contributed by atoms with Crippen LogP contribution in [0.4, 0.5) is 0 Å². The normalized spacial score (nSPS) is 11.8. The van der Waals surface area contributed by atoms with E-state index in [1.165, 1.54) is 11.8 Å². The average molecular weight is 459 g/mol. The lowest BCUT2D eigenvalue weighted by Crippen LogP contribution is -2.47. The number of carbonyl (C=O) groups excluding carboxylic acids is 2. The molecule has 2 amide bonds. The van der Waals surface area contributed by atoms with Gasteiger partial charge < -0.3 is 9.47 Å². The van der Waals surface area contributed by atoms with Crippen LogP contribution in [-0.4, -0.2) is 50.4 Å². The maximum Gasteiger partial charge on any atom is 0.279 e. The van der Waals surface area contributed by atoms with E-state index < -0.39 is 12.0 Å². The fraction of sp³-hybridized carbons (Fsp3) is 0.381. The van der Waals surface area contributed by atoms with Crippen LogP contribution in [0.1, 0.15) is 30.8 Å². The molecule has 0 spiro atoms. The van der Waals surface area contributed by atoms with Gasteiger partial charge in [-0.3, -0.25) is 20.4 Å². The van der Waals surface area contributed by atoms with Crippen LogP contribution in [0.25, 0.3) is 5.78 Å². The zero-order valence-electron chi connectivity index (χ0n) is 18.6. The SMILES string of the molecule is CCOc1ccc(OC(C)C(=O)NNC(=O)Cc2c(C)nc3nc(SC)nn3c2C)cc1. The summed E-state index contributed by atoms with van der Waals surface area (Å²) in [5.41, 5.74) is 7.00. The number of hydrogen-bond donors (Lipinski definition) is 2. The molecule has 2 heterocycles. The molecule has 3 aromatic rings. The maximum atomic E-state index is 12.4. The van der Waals surface area contributed by atoms with Gasteiger partial charge >= 0.3 is 0 Å². The van der Waals surface area contributed by atoms with E-state index in [-0.39, 0.29) is 12.3 Å². The number of rotatable bonds is 8. The van der Waals surface area contributed by atoms with Crippen molar-refractivity contribution in [2.45, 2.75) is 45.4 Å². The molecule has 0 aliphatic rings. The van der Waals surface area contributed by atoms with Gasteiger partial charge in [-0.25, -0.2) is 9.50 Å². The number of aryl methyl sites for hydroxylation is 2. The molecule has 2 aromatic heterocycles. The van der Waals surface area contributed by atoms with E-state index in [9.17, 15) is 9.59 Å². The first kappa shape index (κ1) is 23.3. The highest BCUT2D eigenvalue weighted by Gasteiger charge is 2.18. The summed E-state index contributed by atoms with van der Waals surface area (Å²) in [5.74, 6) is 0.866. The molecule has 0 saturated carbocycles. The third kappa shape index (κ3) is 5.47. The van der Waals surface area contributed by atoms with Crippen LogP contribution < -0.4 is 20.3 Å². The second-order valence-electron chi connectivity index (χ2n) is 6.95. The molecule has 2 N–H and O–H groups in total. The summed E-state index contributed by atoms with van der Waals surface area (Å²) >= 11 is 1.42. The average Bonchev–Trinajstić information content (AvgIpc) is 3.19. The fourth-order valence-corrected chi connectivity index (χ4v) is 3.34. The summed E-state index contributed by atoms with van der Waals surface area (Å²) in [5, 5.41) is 4.98. The van der Waals surface area contributed by atoms with Gasteiger partial charge in [-0.05, 0) is 58.2 Å². The maximum absolute atomic E-state index is 12.4. The highest BCUT2D eigenvalue weighted by molar-refractivity contribution is 7.98. The molecule has 32 heavy (non-hydrogen) atoms. The minimum atomic E-state index is -0.810. The Balaban J connectivity index is 1.56. The number of fused-ring (bicyclic) bond motifs is 1. The molecule has 0 bridgehead atoms. The summed E-state index contributed by atoms with van der Waals surface area (Å²) in [4.78, 5) is 33.5. The molecule has 0 saturated heterocycles. The van der Waals surface area contributed by atoms with Crippen molar-refractivity contribution in [3.63, 3.8) is 0 Å². The summed E-state index contributed by atoms with van der Waals surface area (Å²) in [6.07, 6.45) is 1.10. The number of hydrogen-bond acceptors (Lipinski definition) is 8. The van der Waals surface area contributed by atoms with Gasteiger partial charge in [-0.2, -0.15) is 4.98 Å². The van der Waals surface area contributed by atoms with E-state index in [2.05, 4.69) is 25.9 Å². The summed E-state index contributed by atoms with van der Waals surface area (Å²) in [6, 6.07) is 6.96. The van der Waals surface area contributed by atoms with Crippen molar-refractivity contribution in [3.8, 4) is 11.5 Å². The lowest BCUT2D eigenvalue weighted by atomic mass is 10.1. The van der Waals surface area contributed by atoms with Crippen LogP contribution in [0.3, 0.4) is 0 Å². The zero-order chi connectivity index (χ0) is 23.3. The molecule has 0 aliphatic carbocycles. The van der Waals surface area contributed by atoms with E-state index >= 15 is 0 Å². The van der Waals surface area contributed by atoms with E-state index in [0.717, 1.165) is 17.0 Å². The Morgan fingerprint density at radius 3 is 2.47 bits per heavy atom. The van der Waals surface area contributed by atoms with Crippen LogP contribution in [-0.2, 0) is 16.0 Å². The molecule has 170 valence electrons. The Labute approximate surface area is 190 Å². The van der Waals surface area contributed by atoms with Crippen molar-refractivity contribution >= 4 is 29.4 Å². The first-order valence-electron chi connectivity index (χ1n) is 10.1. The standard InChI is InChI=1S/C21H26N6O4S/c1-6-30-15-7-9-16(10-8-15)31-14(4)19(29)25-24-18(28)11-17-12(2)22-20-23-21(32-5)26-27(20)13(17)3/h7-10,14H,6,11H2,1-5H3,(H,24,28)(H,25,29). The Bertz CT molecular complexity index is 1120. The highest BCUT2D eigenvalue weighted by atomic mass is 32.2. The van der Waals surface area contributed by atoms with Gasteiger partial charge in [0.1, 0.15) is 11.5 Å². The van der Waals surface area contributed by atoms with Crippen molar-refractivity contribution in [2.24, 2.45) is 0 Å². The third-order valence-corrected chi connectivity index (χ3v) is 5.23. The van der Waals surface area contributed by atoms with Gasteiger partial charge in [0.2, 0.25) is 11.1 Å². The number of carbonyl (C=O) groups is 2. The van der Waals surface area contributed by atoms with Crippen LogP contribution in [0.2, 0.25) is 0 Å². The van der Waals surface area contributed by atoms with Gasteiger partial charge in [-0.1, -0.05) is 11.8 Å². The number of hydrazine groups is 1. The third-order valence-electron chi connectivity index (χ3n) is 4.69. The van der Waals surface area contributed by atoms with Crippen molar-refractivity contribution in [1.82, 2.24) is 30.4 Å². The fourth-order valence-electron chi connectivity index (χ4n) is 3.01. The number of aromatic nitrogens is 4. The second kappa shape index (κ2) is 10.3. The largest absolute Gasteiger partial charge is 0.494 e. The first-order chi connectivity index (χ1) is 15.3. The lowest BCUT2D eigenvalue weighted by Gasteiger charge is -2.16. The minimum absolute atomic E-state index is 0.0312. The molecule has 3 rings (SSSR count). The topological polar surface area (TPSA) is 120 Å². The van der Waals surface area contributed by atoms with Gasteiger partial charge in [0, 0.05) is 17.0 Å². The number of nitrogens with one attached hydrogen (secondary N) is 2. The highest BCUT2D eigenvalue weighted by Crippen LogP contribution is 2.19. The Kier molecular flexibility index (Phi) is 7.52. The van der Waals surface area contributed by atoms with Crippen molar-refractivity contribution in [3.05, 3.63) is 41.2 Å². The first-order valence-corrected chi connectivity index (χ1v) is 11.3. The number of thioether (sulfide) groups is 1. The van der Waals surface area contributed by atoms with E-state index in [0.29, 0.717) is 29.0 Å². The number of benzene rings is 1. The van der Waals surface area contributed by atoms with Crippen molar-refractivity contribution in [1.29, 1.82) is 0 Å². The summed E-state index contributed by atoms with van der Waals surface area (Å²) in [6.45, 7) is 7.73. The predicted octanol–water partition coefficient (Wildman–Crippen LogP) is 2.02. The smallest absolute Gasteiger partial charge is 0.279 e. The summed E-state index contributed by atoms with van der Waals surface area (Å²) in [7, 11) is 0. The molecule has 0 aliphatic heterocycles. The lowest BCUT2D eigenvalue weighted by molar-refractivity contribution is -0.132. The Hall–Kier alpha value is -3.34. The van der Waals surface area contributed by atoms with Crippen LogP contribution in [0, 0.1) is 13.8 Å². The van der Waals surface area contributed by atoms with Crippen molar-refractivity contribution < 1.29 is 19.1 Å². The molecule has 1 atom stereocenters. The minimum Gasteiger partial charge on any atom is -0.494 e. The zero-order valence-corrected chi connectivity index (χ0v) is 19.4. The van der Waals surface area contributed by atoms with Gasteiger partial charge in [0.15, 0.2) is 6.10 Å². The molecule has 0 fully saturated rings. The van der Waals surface area contributed by atoms with Crippen LogP contribution in [0.5, 0.6) is 11.5 Å². The predicted molar refractivity (Wildman–Crippen MR) is 120 cm³/mol. The Morgan fingerprint density at radius 1 is 1.12 bits per heavy atom. The molecule has 0 radical (unpaired) electrons. The van der Waals surface area contributed by atoms with E-state index in [1.807, 2.05) is 27.0 Å². The van der Waals surface area contributed by atoms with Gasteiger partial charge in [-0.15, -0.1) is 5.10 Å². The van der Waals surface area contributed by atoms with Crippen molar-refractivity contribution in [2.75, 3.05) is 12.9 Å². The van der Waals surface area contributed by atoms with E-state index in [4.69, 9.17) is 9.47 Å². The molecular formula is C21H26N6O4S. The quantitative estimate of drug-likeness (QED) is 0.389. The number of ether oxygens (including phenoxy) is 2. The van der Waals surface area contributed by atoms with Crippen LogP contribution >= 0.6 is 11.8 Å². The molecule has 10 nitrogen and oxygen atoms in total. The molecular weight excluding hydrogens is 432 g/mol. The van der Waals surface area contributed by atoms with E-state index in [1.54, 1.807) is 35.7 Å². The molecule has 1 aromatic carbocycles. The van der Waals surface area contributed by atoms with Gasteiger partial charge in [0.25, 0.3) is 11.7 Å². The van der Waals surface area contributed by atoms with Gasteiger partial charge in [0.05, 0.1) is 13.0 Å². The van der Waals surface area contributed by atoms with Crippen LogP contribution in [0.15, 0.2) is 29.4 Å².